The van der Waals surface area contributed by atoms with E-state index in [9.17, 15) is 38.3 Å². The molecule has 2 atom stereocenters. The minimum absolute atomic E-state index is 0.0528. The van der Waals surface area contributed by atoms with Crippen LogP contribution in [0.25, 0.3) is 16.9 Å². The molecule has 0 radical (unpaired) electrons. The second kappa shape index (κ2) is 10.1. The molecule has 0 bridgehead atoms. The van der Waals surface area contributed by atoms with Crippen LogP contribution in [0.2, 0.25) is 0 Å². The number of rotatable bonds is 8. The van der Waals surface area contributed by atoms with Crippen molar-refractivity contribution in [3.8, 4) is 11.3 Å². The zero-order valence-electron chi connectivity index (χ0n) is 18.3. The number of nitrogens with one attached hydrogen (secondary N) is 1. The number of nitro benzene ring substituents is 1. The minimum atomic E-state index is -2.97. The number of alkyl halides is 2. The Morgan fingerprint density at radius 2 is 1.81 bits per heavy atom. The highest BCUT2D eigenvalue weighted by molar-refractivity contribution is 6.00. The van der Waals surface area contributed by atoms with E-state index >= 15 is 0 Å². The van der Waals surface area contributed by atoms with E-state index in [4.69, 9.17) is 0 Å². The van der Waals surface area contributed by atoms with Gasteiger partial charge in [0.15, 0.2) is 5.65 Å². The number of aliphatic hydroxyl groups is 2. The molecule has 4 rings (SSSR count). The molecule has 3 N–H and O–H groups in total. The van der Waals surface area contributed by atoms with Gasteiger partial charge in [0.05, 0.1) is 29.5 Å². The third-order valence-corrected chi connectivity index (χ3v) is 5.45. The first-order valence-electron chi connectivity index (χ1n) is 10.5. The first-order valence-corrected chi connectivity index (χ1v) is 10.5. The van der Waals surface area contributed by atoms with Crippen LogP contribution in [0.1, 0.15) is 34.1 Å². The highest BCUT2D eigenvalue weighted by Gasteiger charge is 2.27. The van der Waals surface area contributed by atoms with Crippen molar-refractivity contribution < 1.29 is 33.1 Å². The standard InChI is InChI=1S/C23H18F3N5O5/c24-14-5-1-12(2-6-14)17-9-19(21(25)26)30-22(28-17)16(10-27-30)23(34)29-18(11-32)20(33)13-3-7-15(8-4-13)31(35)36/h1-10,18,20-21,32-33H,11H2,(H,29,34). The van der Waals surface area contributed by atoms with Crippen LogP contribution in [0.3, 0.4) is 0 Å². The van der Waals surface area contributed by atoms with Gasteiger partial charge in [-0.15, -0.1) is 0 Å². The Morgan fingerprint density at radius 1 is 1.14 bits per heavy atom. The number of carbonyl (C=O) groups is 1. The molecule has 0 spiro atoms. The number of benzene rings is 2. The number of hydrogen-bond donors (Lipinski definition) is 3. The van der Waals surface area contributed by atoms with E-state index in [0.717, 1.165) is 41.0 Å². The second-order valence-electron chi connectivity index (χ2n) is 7.72. The number of aliphatic hydroxyl groups excluding tert-OH is 2. The fraction of sp³-hybridized carbons (Fsp3) is 0.174. The van der Waals surface area contributed by atoms with Gasteiger partial charge in [-0.05, 0) is 48.0 Å². The van der Waals surface area contributed by atoms with Crippen molar-refractivity contribution in [1.82, 2.24) is 19.9 Å². The molecule has 0 fully saturated rings. The highest BCUT2D eigenvalue weighted by Crippen LogP contribution is 2.27. The largest absolute Gasteiger partial charge is 0.394 e. The Kier molecular flexibility index (Phi) is 6.94. The molecule has 0 saturated heterocycles. The number of nitro groups is 1. The molecule has 2 aromatic carbocycles. The first kappa shape index (κ1) is 24.8. The van der Waals surface area contributed by atoms with Crippen molar-refractivity contribution >= 4 is 17.2 Å². The average Bonchev–Trinajstić information content (AvgIpc) is 3.30. The summed E-state index contributed by atoms with van der Waals surface area (Å²) in [5, 5.41) is 37.4. The number of aromatic nitrogens is 3. The second-order valence-corrected chi connectivity index (χ2v) is 7.72. The van der Waals surface area contributed by atoms with Crippen molar-refractivity contribution in [2.75, 3.05) is 6.61 Å². The predicted molar refractivity (Wildman–Crippen MR) is 120 cm³/mol. The lowest BCUT2D eigenvalue weighted by Gasteiger charge is -2.22. The maximum atomic E-state index is 13.7. The van der Waals surface area contributed by atoms with E-state index in [1.54, 1.807) is 0 Å². The van der Waals surface area contributed by atoms with E-state index in [0.29, 0.717) is 5.56 Å². The molecular formula is C23H18F3N5O5. The maximum absolute atomic E-state index is 13.7. The summed E-state index contributed by atoms with van der Waals surface area (Å²) in [6, 6.07) is 9.68. The number of fused-ring (bicyclic) bond motifs is 1. The normalized spacial score (nSPS) is 13.1. The number of nitrogens with zero attached hydrogens (tertiary/aromatic N) is 4. The zero-order valence-corrected chi connectivity index (χ0v) is 18.3. The molecule has 1 amide bonds. The van der Waals surface area contributed by atoms with Crippen LogP contribution in [0.15, 0.2) is 60.8 Å². The molecule has 2 heterocycles. The molecule has 186 valence electrons. The number of hydrogen-bond acceptors (Lipinski definition) is 7. The molecule has 4 aromatic rings. The monoisotopic (exact) mass is 501 g/mol. The summed E-state index contributed by atoms with van der Waals surface area (Å²) in [7, 11) is 0. The third kappa shape index (κ3) is 4.87. The van der Waals surface area contributed by atoms with Crippen LogP contribution in [0.4, 0.5) is 18.9 Å². The van der Waals surface area contributed by atoms with Crippen molar-refractivity contribution in [2.24, 2.45) is 0 Å². The summed E-state index contributed by atoms with van der Waals surface area (Å²) < 4.78 is 41.6. The highest BCUT2D eigenvalue weighted by atomic mass is 19.3. The van der Waals surface area contributed by atoms with E-state index < -0.39 is 47.5 Å². The zero-order chi connectivity index (χ0) is 26.0. The maximum Gasteiger partial charge on any atom is 0.280 e. The van der Waals surface area contributed by atoms with Gasteiger partial charge in [0.25, 0.3) is 18.0 Å². The Balaban J connectivity index is 1.66. The number of amides is 1. The Labute approximate surface area is 200 Å². The summed E-state index contributed by atoms with van der Waals surface area (Å²) in [5.41, 5.74) is -0.618. The van der Waals surface area contributed by atoms with Crippen molar-refractivity contribution in [3.05, 3.63) is 93.5 Å². The van der Waals surface area contributed by atoms with Gasteiger partial charge in [0.2, 0.25) is 0 Å². The molecular weight excluding hydrogens is 483 g/mol. The van der Waals surface area contributed by atoms with Crippen LogP contribution in [0.5, 0.6) is 0 Å². The van der Waals surface area contributed by atoms with Gasteiger partial charge < -0.3 is 15.5 Å². The van der Waals surface area contributed by atoms with Crippen molar-refractivity contribution in [1.29, 1.82) is 0 Å². The molecule has 2 aromatic heterocycles. The molecule has 0 aliphatic carbocycles. The van der Waals surface area contributed by atoms with E-state index in [-0.39, 0.29) is 28.2 Å². The van der Waals surface area contributed by atoms with Gasteiger partial charge in [0, 0.05) is 17.7 Å². The third-order valence-electron chi connectivity index (χ3n) is 5.45. The lowest BCUT2D eigenvalue weighted by atomic mass is 10.0. The van der Waals surface area contributed by atoms with Gasteiger partial charge in [-0.1, -0.05) is 0 Å². The predicted octanol–water partition coefficient (Wildman–Crippen LogP) is 3.21. The summed E-state index contributed by atoms with van der Waals surface area (Å²) >= 11 is 0. The first-order chi connectivity index (χ1) is 17.2. The number of non-ortho nitro benzene ring substituents is 1. The quantitative estimate of drug-likeness (QED) is 0.249. The average molecular weight is 501 g/mol. The summed E-state index contributed by atoms with van der Waals surface area (Å²) in [5.74, 6) is -1.39. The van der Waals surface area contributed by atoms with Crippen LogP contribution in [0, 0.1) is 15.9 Å². The number of halogens is 3. The lowest BCUT2D eigenvalue weighted by Crippen LogP contribution is -2.42. The molecule has 0 aliphatic rings. The molecule has 10 nitrogen and oxygen atoms in total. The molecule has 36 heavy (non-hydrogen) atoms. The van der Waals surface area contributed by atoms with Gasteiger partial charge >= 0.3 is 0 Å². The Bertz CT molecular complexity index is 1410. The SMILES string of the molecule is O=C(NC(CO)C(O)c1ccc([N+](=O)[O-])cc1)c1cnn2c(C(F)F)cc(-c3ccc(F)cc3)nc12. The van der Waals surface area contributed by atoms with Gasteiger partial charge in [-0.3, -0.25) is 14.9 Å². The Hall–Kier alpha value is -4.36. The smallest absolute Gasteiger partial charge is 0.280 e. The van der Waals surface area contributed by atoms with E-state index in [1.807, 2.05) is 0 Å². The van der Waals surface area contributed by atoms with E-state index in [2.05, 4.69) is 15.4 Å². The van der Waals surface area contributed by atoms with Crippen molar-refractivity contribution in [2.45, 2.75) is 18.6 Å². The van der Waals surface area contributed by atoms with Crippen molar-refractivity contribution in [3.63, 3.8) is 0 Å². The fourth-order valence-electron chi connectivity index (χ4n) is 3.57. The van der Waals surface area contributed by atoms with Crippen LogP contribution >= 0.6 is 0 Å². The molecule has 0 saturated carbocycles. The topological polar surface area (TPSA) is 143 Å². The summed E-state index contributed by atoms with van der Waals surface area (Å²) in [6.45, 7) is -0.709. The summed E-state index contributed by atoms with van der Waals surface area (Å²) in [4.78, 5) is 27.4. The van der Waals surface area contributed by atoms with Gasteiger partial charge in [-0.25, -0.2) is 22.7 Å². The molecule has 13 heteroatoms. The minimum Gasteiger partial charge on any atom is -0.394 e. The lowest BCUT2D eigenvalue weighted by molar-refractivity contribution is -0.384. The fourth-order valence-corrected chi connectivity index (χ4v) is 3.57. The molecule has 2 unspecified atom stereocenters. The van der Waals surface area contributed by atoms with Gasteiger partial charge in [-0.2, -0.15) is 5.10 Å². The van der Waals surface area contributed by atoms with Gasteiger partial charge in [0.1, 0.15) is 23.2 Å². The van der Waals surface area contributed by atoms with Crippen LogP contribution in [-0.4, -0.2) is 48.3 Å². The number of carbonyl (C=O) groups excluding carboxylic acids is 1. The summed E-state index contributed by atoms with van der Waals surface area (Å²) in [6.07, 6.45) is -3.40. The van der Waals surface area contributed by atoms with Crippen LogP contribution in [-0.2, 0) is 0 Å². The van der Waals surface area contributed by atoms with Crippen LogP contribution < -0.4 is 5.32 Å². The molecule has 0 aliphatic heterocycles. The van der Waals surface area contributed by atoms with E-state index in [1.165, 1.54) is 24.3 Å². The Morgan fingerprint density at radius 3 is 2.39 bits per heavy atom.